The molecule has 2 rings (SSSR count). The normalized spacial score (nSPS) is 10.1. The number of nitrogens with zero attached hydrogens (tertiary/aromatic N) is 1. The molecule has 0 atom stereocenters. The van der Waals surface area contributed by atoms with Crippen LogP contribution in [-0.4, -0.2) is 11.3 Å². The number of hydrogen-bond acceptors (Lipinski definition) is 2. The highest BCUT2D eigenvalue weighted by atomic mass is 35.5. The van der Waals surface area contributed by atoms with Crippen LogP contribution in [0.1, 0.15) is 15.9 Å². The molecular weight excluding hydrogens is 222 g/mol. The third kappa shape index (κ3) is 1.97. The van der Waals surface area contributed by atoms with E-state index < -0.39 is 0 Å². The van der Waals surface area contributed by atoms with Crippen molar-refractivity contribution in [3.8, 4) is 11.3 Å². The molecule has 16 heavy (non-hydrogen) atoms. The second kappa shape index (κ2) is 4.45. The monoisotopic (exact) mass is 231 g/mol. The summed E-state index contributed by atoms with van der Waals surface area (Å²) in [5, 5.41) is 0.258. The Hall–Kier alpha value is -1.67. The van der Waals surface area contributed by atoms with E-state index in [1.807, 2.05) is 43.3 Å². The number of pyridine rings is 1. The zero-order chi connectivity index (χ0) is 11.5. The number of hydrogen-bond donors (Lipinski definition) is 0. The number of aldehydes is 1. The fraction of sp³-hybridized carbons (Fsp3) is 0.0769. The average molecular weight is 232 g/mol. The molecule has 0 amide bonds. The number of aryl methyl sites for hydroxylation is 1. The summed E-state index contributed by atoms with van der Waals surface area (Å²) >= 11 is 5.94. The highest BCUT2D eigenvalue weighted by Crippen LogP contribution is 2.23. The molecule has 0 spiro atoms. The maximum Gasteiger partial charge on any atom is 0.153 e. The standard InChI is InChI=1S/C13H10ClNO/c1-9-7-12(10-5-3-2-4-6-10)15-13(14)11(9)8-16/h2-8H,1H3. The summed E-state index contributed by atoms with van der Waals surface area (Å²) in [6, 6.07) is 11.6. The molecular formula is C13H10ClNO. The molecule has 80 valence electrons. The maximum atomic E-state index is 10.8. The molecule has 0 unspecified atom stereocenters. The molecule has 1 aromatic carbocycles. The van der Waals surface area contributed by atoms with Crippen molar-refractivity contribution in [2.75, 3.05) is 0 Å². The van der Waals surface area contributed by atoms with Crippen molar-refractivity contribution in [3.05, 3.63) is 52.7 Å². The fourth-order valence-electron chi connectivity index (χ4n) is 1.54. The Kier molecular flexibility index (Phi) is 3.02. The van der Waals surface area contributed by atoms with Crippen LogP contribution in [0.15, 0.2) is 36.4 Å². The predicted octanol–water partition coefficient (Wildman–Crippen LogP) is 3.52. The smallest absolute Gasteiger partial charge is 0.153 e. The van der Waals surface area contributed by atoms with Crippen LogP contribution < -0.4 is 0 Å². The van der Waals surface area contributed by atoms with Gasteiger partial charge in [-0.25, -0.2) is 4.98 Å². The minimum atomic E-state index is 0.258. The number of aromatic nitrogens is 1. The molecule has 0 aliphatic heterocycles. The minimum absolute atomic E-state index is 0.258. The van der Waals surface area contributed by atoms with Crippen molar-refractivity contribution in [3.63, 3.8) is 0 Å². The van der Waals surface area contributed by atoms with E-state index in [1.54, 1.807) is 0 Å². The van der Waals surface area contributed by atoms with Crippen LogP contribution in [0.5, 0.6) is 0 Å². The van der Waals surface area contributed by atoms with Crippen LogP contribution in [0.4, 0.5) is 0 Å². The van der Waals surface area contributed by atoms with Crippen LogP contribution >= 0.6 is 11.6 Å². The molecule has 0 radical (unpaired) electrons. The van der Waals surface area contributed by atoms with Gasteiger partial charge in [0.1, 0.15) is 5.15 Å². The molecule has 0 saturated heterocycles. The summed E-state index contributed by atoms with van der Waals surface area (Å²) < 4.78 is 0. The first-order chi connectivity index (χ1) is 7.72. The first-order valence-electron chi connectivity index (χ1n) is 4.90. The Labute approximate surface area is 98.9 Å². The first-order valence-corrected chi connectivity index (χ1v) is 5.28. The second-order valence-corrected chi connectivity index (χ2v) is 3.87. The molecule has 2 aromatic rings. The zero-order valence-corrected chi connectivity index (χ0v) is 9.53. The van der Waals surface area contributed by atoms with Crippen molar-refractivity contribution in [2.45, 2.75) is 6.92 Å². The lowest BCUT2D eigenvalue weighted by atomic mass is 10.1. The van der Waals surface area contributed by atoms with Crippen LogP contribution in [0.3, 0.4) is 0 Å². The van der Waals surface area contributed by atoms with Gasteiger partial charge in [0.25, 0.3) is 0 Å². The lowest BCUT2D eigenvalue weighted by Crippen LogP contribution is -1.94. The topological polar surface area (TPSA) is 30.0 Å². The Balaban J connectivity index is 2.57. The van der Waals surface area contributed by atoms with Gasteiger partial charge in [0.05, 0.1) is 11.3 Å². The largest absolute Gasteiger partial charge is 0.298 e. The van der Waals surface area contributed by atoms with E-state index in [0.717, 1.165) is 23.1 Å². The van der Waals surface area contributed by atoms with E-state index in [1.165, 1.54) is 0 Å². The van der Waals surface area contributed by atoms with E-state index in [4.69, 9.17) is 11.6 Å². The second-order valence-electron chi connectivity index (χ2n) is 3.51. The van der Waals surface area contributed by atoms with Gasteiger partial charge in [-0.1, -0.05) is 41.9 Å². The summed E-state index contributed by atoms with van der Waals surface area (Å²) in [6.45, 7) is 1.85. The number of rotatable bonds is 2. The van der Waals surface area contributed by atoms with Crippen molar-refractivity contribution in [1.82, 2.24) is 4.98 Å². The molecule has 1 aromatic heterocycles. The zero-order valence-electron chi connectivity index (χ0n) is 8.77. The highest BCUT2D eigenvalue weighted by Gasteiger charge is 2.08. The van der Waals surface area contributed by atoms with E-state index in [-0.39, 0.29) is 5.15 Å². The van der Waals surface area contributed by atoms with Crippen LogP contribution in [-0.2, 0) is 0 Å². The van der Waals surface area contributed by atoms with Crippen LogP contribution in [0.2, 0.25) is 5.15 Å². The summed E-state index contributed by atoms with van der Waals surface area (Å²) in [7, 11) is 0. The molecule has 0 aliphatic carbocycles. The van der Waals surface area contributed by atoms with Crippen molar-refractivity contribution >= 4 is 17.9 Å². The van der Waals surface area contributed by atoms with Gasteiger partial charge in [-0.15, -0.1) is 0 Å². The Morgan fingerprint density at radius 2 is 1.94 bits per heavy atom. The van der Waals surface area contributed by atoms with Gasteiger partial charge < -0.3 is 0 Å². The number of halogens is 1. The molecule has 0 fully saturated rings. The Bertz CT molecular complexity index is 500. The predicted molar refractivity (Wildman–Crippen MR) is 64.8 cm³/mol. The summed E-state index contributed by atoms with van der Waals surface area (Å²) in [5.74, 6) is 0. The van der Waals surface area contributed by atoms with E-state index in [2.05, 4.69) is 4.98 Å². The van der Waals surface area contributed by atoms with Gasteiger partial charge in [0, 0.05) is 5.56 Å². The summed E-state index contributed by atoms with van der Waals surface area (Å²) in [6.07, 6.45) is 0.736. The first kappa shape index (κ1) is 10.8. The van der Waals surface area contributed by atoms with Crippen molar-refractivity contribution in [1.29, 1.82) is 0 Å². The van der Waals surface area contributed by atoms with Gasteiger partial charge in [0.2, 0.25) is 0 Å². The molecule has 0 N–H and O–H groups in total. The third-order valence-corrected chi connectivity index (χ3v) is 2.69. The Morgan fingerprint density at radius 3 is 2.50 bits per heavy atom. The van der Waals surface area contributed by atoms with Crippen molar-refractivity contribution < 1.29 is 4.79 Å². The molecule has 0 saturated carbocycles. The molecule has 0 aliphatic rings. The van der Waals surface area contributed by atoms with E-state index >= 15 is 0 Å². The number of carbonyl (C=O) groups is 1. The lowest BCUT2D eigenvalue weighted by Gasteiger charge is -2.05. The average Bonchev–Trinajstić information content (AvgIpc) is 2.30. The highest BCUT2D eigenvalue weighted by molar-refractivity contribution is 6.32. The number of benzene rings is 1. The quantitative estimate of drug-likeness (QED) is 0.585. The summed E-state index contributed by atoms with van der Waals surface area (Å²) in [5.41, 5.74) is 3.08. The van der Waals surface area contributed by atoms with Crippen molar-refractivity contribution in [2.24, 2.45) is 0 Å². The SMILES string of the molecule is Cc1cc(-c2ccccc2)nc(Cl)c1C=O. The maximum absolute atomic E-state index is 10.8. The van der Waals surface area contributed by atoms with Crippen LogP contribution in [0, 0.1) is 6.92 Å². The van der Waals surface area contributed by atoms with Gasteiger partial charge in [-0.2, -0.15) is 0 Å². The fourth-order valence-corrected chi connectivity index (χ4v) is 1.83. The number of carbonyl (C=O) groups excluding carboxylic acids is 1. The van der Waals surface area contributed by atoms with E-state index in [9.17, 15) is 4.79 Å². The van der Waals surface area contributed by atoms with E-state index in [0.29, 0.717) is 5.56 Å². The Morgan fingerprint density at radius 1 is 1.25 bits per heavy atom. The van der Waals surface area contributed by atoms with Gasteiger partial charge in [0.15, 0.2) is 6.29 Å². The molecule has 0 bridgehead atoms. The van der Waals surface area contributed by atoms with Gasteiger partial charge >= 0.3 is 0 Å². The molecule has 1 heterocycles. The van der Waals surface area contributed by atoms with Gasteiger partial charge in [-0.05, 0) is 18.6 Å². The third-order valence-electron chi connectivity index (χ3n) is 2.41. The minimum Gasteiger partial charge on any atom is -0.298 e. The molecule has 2 nitrogen and oxygen atoms in total. The lowest BCUT2D eigenvalue weighted by molar-refractivity contribution is 0.112. The van der Waals surface area contributed by atoms with Crippen LogP contribution in [0.25, 0.3) is 11.3 Å². The molecule has 3 heteroatoms. The summed E-state index contributed by atoms with van der Waals surface area (Å²) in [4.78, 5) is 15.0. The van der Waals surface area contributed by atoms with Gasteiger partial charge in [-0.3, -0.25) is 4.79 Å².